The molecule has 1 saturated heterocycles. The molecule has 1 fully saturated rings. The van der Waals surface area contributed by atoms with E-state index >= 15 is 0 Å². The van der Waals surface area contributed by atoms with Gasteiger partial charge in [0.05, 0.1) is 32.4 Å². The quantitative estimate of drug-likeness (QED) is 0.142. The molecular formula is C32H43N12O4S+. The van der Waals surface area contributed by atoms with Crippen LogP contribution >= 0.6 is 11.3 Å². The smallest absolute Gasteiger partial charge is 0.356 e. The fourth-order valence-electron chi connectivity index (χ4n) is 5.20. The molecular weight excluding hydrogens is 648 g/mol. The zero-order valence-electron chi connectivity index (χ0n) is 28.6. The minimum atomic E-state index is -0.357. The average Bonchev–Trinajstić information content (AvgIpc) is 3.75. The summed E-state index contributed by atoms with van der Waals surface area (Å²) in [6, 6.07) is 3.04. The normalized spacial score (nSPS) is 14.4. The molecule has 0 saturated carbocycles. The first-order valence-corrected chi connectivity index (χ1v) is 16.9. The van der Waals surface area contributed by atoms with Crippen molar-refractivity contribution in [1.82, 2.24) is 45.6 Å². The van der Waals surface area contributed by atoms with Crippen molar-refractivity contribution in [3.8, 4) is 0 Å². The molecule has 1 aliphatic rings. The summed E-state index contributed by atoms with van der Waals surface area (Å²) >= 11 is 1.36. The minimum absolute atomic E-state index is 0.0676. The van der Waals surface area contributed by atoms with Gasteiger partial charge in [0.25, 0.3) is 11.5 Å². The van der Waals surface area contributed by atoms with E-state index in [0.717, 1.165) is 5.69 Å². The number of aromatic amines is 1. The number of anilines is 2. The number of nitrogens with zero attached hydrogens (tertiary/aromatic N) is 8. The first-order valence-electron chi connectivity index (χ1n) is 16.1. The van der Waals surface area contributed by atoms with E-state index in [1.54, 1.807) is 45.4 Å². The monoisotopic (exact) mass is 691 g/mol. The number of amides is 4. The van der Waals surface area contributed by atoms with Gasteiger partial charge in [-0.25, -0.2) is 19.2 Å². The Bertz CT molecular complexity index is 1900. The molecule has 4 N–H and O–H groups in total. The third-order valence-electron chi connectivity index (χ3n) is 8.08. The molecule has 49 heavy (non-hydrogen) atoms. The predicted molar refractivity (Wildman–Crippen MR) is 187 cm³/mol. The van der Waals surface area contributed by atoms with E-state index in [1.165, 1.54) is 21.9 Å². The Morgan fingerprint density at radius 3 is 2.47 bits per heavy atom. The maximum Gasteiger partial charge on any atom is 0.416 e. The Morgan fingerprint density at radius 1 is 1.08 bits per heavy atom. The number of H-pyrrole nitrogens is 1. The standard InChI is InChI=1S/C32H42N12O4S/c1-32(2,3)23-19-49-30(35-23)37-28(46)21-11-16-43-25(18-21)36-27(22(29(43)47)7-8-24-38-40-41-39-24)42-14-9-20(10-15-42)17-26(45)33-12-13-34-31(48)44(4,5)6/h7-8,11,16,18-20H,9-10,12-15,17H2,1-6H3,(H3-,33,34,35,37,38,39,40,41,45,46,48)/p+1. The topological polar surface area (TPSA) is 192 Å². The van der Waals surface area contributed by atoms with Crippen LogP contribution in [0.3, 0.4) is 0 Å². The molecule has 0 spiro atoms. The SMILES string of the molecule is CC(C)(C)c1csc(NC(=O)c2ccn3c(=O)c(/C=C/c4nn[nH]n4)c(N4CCC(CC(=O)NCCNC(=O)[N+](C)(C)C)CC4)nc3c2)n1. The van der Waals surface area contributed by atoms with Gasteiger partial charge in [-0.15, -0.1) is 21.5 Å². The first kappa shape index (κ1) is 35.3. The van der Waals surface area contributed by atoms with Crippen LogP contribution in [0.4, 0.5) is 15.7 Å². The zero-order valence-corrected chi connectivity index (χ0v) is 29.4. The molecule has 4 amide bonds. The lowest BCUT2D eigenvalue weighted by Crippen LogP contribution is -2.49. The first-order chi connectivity index (χ1) is 23.2. The molecule has 5 heterocycles. The number of hydrogen-bond donors (Lipinski definition) is 4. The molecule has 5 rings (SSSR count). The van der Waals surface area contributed by atoms with Gasteiger partial charge in [0.1, 0.15) is 11.5 Å². The molecule has 4 aromatic heterocycles. The third kappa shape index (κ3) is 8.91. The maximum atomic E-state index is 13.8. The molecule has 4 aromatic rings. The molecule has 16 nitrogen and oxygen atoms in total. The lowest BCUT2D eigenvalue weighted by molar-refractivity contribution is -0.787. The molecule has 260 valence electrons. The van der Waals surface area contributed by atoms with E-state index in [2.05, 4.69) is 62.3 Å². The Balaban J connectivity index is 1.31. The van der Waals surface area contributed by atoms with E-state index in [1.807, 2.05) is 10.3 Å². The van der Waals surface area contributed by atoms with Gasteiger partial charge in [-0.1, -0.05) is 20.8 Å². The van der Waals surface area contributed by atoms with Gasteiger partial charge in [-0.05, 0) is 48.3 Å². The number of hydrogen-bond acceptors (Lipinski definition) is 11. The van der Waals surface area contributed by atoms with E-state index in [4.69, 9.17) is 4.98 Å². The van der Waals surface area contributed by atoms with Gasteiger partial charge in [0.2, 0.25) is 5.91 Å². The van der Waals surface area contributed by atoms with Crippen LogP contribution in [0, 0.1) is 5.92 Å². The molecule has 0 atom stereocenters. The maximum absolute atomic E-state index is 13.8. The number of quaternary nitrogens is 1. The number of nitrogens with one attached hydrogen (secondary N) is 4. The highest BCUT2D eigenvalue weighted by molar-refractivity contribution is 7.14. The number of fused-ring (bicyclic) bond motifs is 1. The number of urea groups is 1. The van der Waals surface area contributed by atoms with Crippen molar-refractivity contribution in [2.75, 3.05) is 57.5 Å². The highest BCUT2D eigenvalue weighted by Crippen LogP contribution is 2.28. The number of carbonyl (C=O) groups is 3. The van der Waals surface area contributed by atoms with Gasteiger partial charge in [-0.3, -0.25) is 24.1 Å². The van der Waals surface area contributed by atoms with Crippen molar-refractivity contribution >= 4 is 57.9 Å². The molecule has 0 radical (unpaired) electrons. The second-order valence-electron chi connectivity index (χ2n) is 13.9. The minimum Gasteiger partial charge on any atom is -0.356 e. The number of piperidine rings is 1. The van der Waals surface area contributed by atoms with Crippen LogP contribution in [-0.2, 0) is 10.2 Å². The Labute approximate surface area is 287 Å². The summed E-state index contributed by atoms with van der Waals surface area (Å²) in [5.74, 6) is 0.497. The second kappa shape index (κ2) is 14.6. The predicted octanol–water partition coefficient (Wildman–Crippen LogP) is 2.52. The summed E-state index contributed by atoms with van der Waals surface area (Å²) in [5.41, 5.74) is 1.41. The summed E-state index contributed by atoms with van der Waals surface area (Å²) in [6.45, 7) is 8.03. The Morgan fingerprint density at radius 2 is 1.82 bits per heavy atom. The molecule has 0 aromatic carbocycles. The van der Waals surface area contributed by atoms with Crippen molar-refractivity contribution in [1.29, 1.82) is 0 Å². The number of carbonyl (C=O) groups excluding carboxylic acids is 3. The average molecular weight is 692 g/mol. The molecule has 17 heteroatoms. The van der Waals surface area contributed by atoms with E-state index in [0.29, 0.717) is 79.0 Å². The number of tetrazole rings is 1. The van der Waals surface area contributed by atoms with Crippen molar-refractivity contribution in [2.45, 2.75) is 45.4 Å². The molecule has 0 unspecified atom stereocenters. The third-order valence-corrected chi connectivity index (χ3v) is 8.84. The summed E-state index contributed by atoms with van der Waals surface area (Å²) in [5, 5.41) is 24.8. The van der Waals surface area contributed by atoms with Crippen LogP contribution in [0.1, 0.15) is 67.5 Å². The number of rotatable bonds is 10. The zero-order chi connectivity index (χ0) is 35.3. The van der Waals surface area contributed by atoms with Gasteiger partial charge in [0, 0.05) is 55.2 Å². The van der Waals surface area contributed by atoms with Crippen molar-refractivity contribution in [3.05, 3.63) is 56.7 Å². The van der Waals surface area contributed by atoms with Gasteiger partial charge >= 0.3 is 6.03 Å². The van der Waals surface area contributed by atoms with Crippen LogP contribution in [-0.4, -0.2) is 105 Å². The van der Waals surface area contributed by atoms with Crippen molar-refractivity contribution in [3.63, 3.8) is 0 Å². The highest BCUT2D eigenvalue weighted by atomic mass is 32.1. The molecule has 0 aliphatic carbocycles. The fourth-order valence-corrected chi connectivity index (χ4v) is 6.13. The van der Waals surface area contributed by atoms with Crippen LogP contribution in [0.15, 0.2) is 28.5 Å². The summed E-state index contributed by atoms with van der Waals surface area (Å²) < 4.78 is 1.55. The van der Waals surface area contributed by atoms with Crippen molar-refractivity contribution in [2.24, 2.45) is 5.92 Å². The van der Waals surface area contributed by atoms with Crippen LogP contribution in [0.25, 0.3) is 17.8 Å². The fraction of sp³-hybridized carbons (Fsp3) is 0.469. The highest BCUT2D eigenvalue weighted by Gasteiger charge is 2.26. The van der Waals surface area contributed by atoms with Gasteiger partial charge < -0.3 is 15.5 Å². The summed E-state index contributed by atoms with van der Waals surface area (Å²) in [4.78, 5) is 63.2. The van der Waals surface area contributed by atoms with Crippen LogP contribution < -0.4 is 26.4 Å². The molecule has 0 bridgehead atoms. The van der Waals surface area contributed by atoms with Gasteiger partial charge in [-0.2, -0.15) is 5.21 Å². The lowest BCUT2D eigenvalue weighted by atomic mass is 9.93. The summed E-state index contributed by atoms with van der Waals surface area (Å²) in [7, 11) is 5.34. The van der Waals surface area contributed by atoms with E-state index < -0.39 is 0 Å². The van der Waals surface area contributed by atoms with Crippen LogP contribution in [0.5, 0.6) is 0 Å². The van der Waals surface area contributed by atoms with Gasteiger partial charge in [0.15, 0.2) is 11.0 Å². The number of pyridine rings is 1. The Kier molecular flexibility index (Phi) is 10.5. The largest absolute Gasteiger partial charge is 0.416 e. The summed E-state index contributed by atoms with van der Waals surface area (Å²) in [6.07, 6.45) is 6.54. The molecule has 1 aliphatic heterocycles. The number of thiazole rings is 1. The van der Waals surface area contributed by atoms with Crippen molar-refractivity contribution < 1.29 is 18.9 Å². The van der Waals surface area contributed by atoms with Crippen LogP contribution in [0.2, 0.25) is 0 Å². The Hall–Kier alpha value is -5.03. The van der Waals surface area contributed by atoms with E-state index in [-0.39, 0.29) is 39.2 Å². The lowest BCUT2D eigenvalue weighted by Gasteiger charge is -2.33. The second-order valence-corrected chi connectivity index (χ2v) is 14.7. The van der Waals surface area contributed by atoms with E-state index in [9.17, 15) is 19.2 Å². The number of aromatic nitrogens is 7.